The van der Waals surface area contributed by atoms with Crippen molar-refractivity contribution in [1.82, 2.24) is 9.88 Å². The normalized spacial score (nSPS) is 22.5. The molecule has 0 radical (unpaired) electrons. The second-order valence-corrected chi connectivity index (χ2v) is 7.59. The van der Waals surface area contributed by atoms with Crippen molar-refractivity contribution < 1.29 is 13.9 Å². The Morgan fingerprint density at radius 2 is 1.93 bits per heavy atom. The van der Waals surface area contributed by atoms with Gasteiger partial charge in [0.2, 0.25) is 0 Å². The lowest BCUT2D eigenvalue weighted by Gasteiger charge is -2.29. The molecule has 1 saturated carbocycles. The zero-order valence-corrected chi connectivity index (χ0v) is 16.3. The first-order chi connectivity index (χ1) is 13.2. The first-order valence-corrected chi connectivity index (χ1v) is 9.63. The summed E-state index contributed by atoms with van der Waals surface area (Å²) < 4.78 is 18.9. The van der Waals surface area contributed by atoms with Crippen molar-refractivity contribution in [2.45, 2.75) is 31.1 Å². The summed E-state index contributed by atoms with van der Waals surface area (Å²) in [7, 11) is 0. The number of carbonyl (C=O) groups is 1. The highest BCUT2D eigenvalue weighted by atomic mass is 35.5. The monoisotopic (exact) mass is 403 g/mol. The Bertz CT molecular complexity index is 901. The summed E-state index contributed by atoms with van der Waals surface area (Å²) in [5, 5.41) is 3.28. The van der Waals surface area contributed by atoms with Gasteiger partial charge in [0.15, 0.2) is 0 Å². The minimum atomic E-state index is -0.280. The second kappa shape index (κ2) is 7.68. The maximum Gasteiger partial charge on any atom is 0.255 e. The molecule has 28 heavy (non-hydrogen) atoms. The minimum absolute atomic E-state index is 0. The molecular weight excluding hydrogens is 381 g/mol. The topological polar surface area (TPSA) is 54.5 Å². The number of hydrogen-bond acceptors (Lipinski definition) is 4. The minimum Gasteiger partial charge on any atom is -0.378 e. The van der Waals surface area contributed by atoms with Crippen LogP contribution in [0.4, 0.5) is 15.9 Å². The molecule has 1 aromatic heterocycles. The number of fused-ring (bicyclic) bond motifs is 5. The van der Waals surface area contributed by atoms with Crippen molar-refractivity contribution >= 4 is 29.8 Å². The Labute approximate surface area is 169 Å². The first-order valence-electron chi connectivity index (χ1n) is 9.63. The van der Waals surface area contributed by atoms with E-state index in [1.165, 1.54) is 12.1 Å². The van der Waals surface area contributed by atoms with Gasteiger partial charge in [-0.05, 0) is 54.9 Å². The summed E-state index contributed by atoms with van der Waals surface area (Å²) in [6.45, 7) is 2.44. The molecule has 5 nitrogen and oxygen atoms in total. The number of aromatic nitrogens is 1. The predicted molar refractivity (Wildman–Crippen MR) is 107 cm³/mol. The third-order valence-electron chi connectivity index (χ3n) is 6.02. The fourth-order valence-corrected chi connectivity index (χ4v) is 4.81. The van der Waals surface area contributed by atoms with E-state index in [0.717, 1.165) is 41.8 Å². The highest BCUT2D eigenvalue weighted by molar-refractivity contribution is 5.97. The molecule has 2 atom stereocenters. The van der Waals surface area contributed by atoms with Crippen molar-refractivity contribution in [2.75, 3.05) is 31.6 Å². The lowest BCUT2D eigenvalue weighted by atomic mass is 9.88. The number of anilines is 2. The molecule has 1 saturated heterocycles. The van der Waals surface area contributed by atoms with Gasteiger partial charge in [-0.25, -0.2) is 9.37 Å². The van der Waals surface area contributed by atoms with Gasteiger partial charge in [-0.3, -0.25) is 4.79 Å². The molecule has 1 amide bonds. The Morgan fingerprint density at radius 1 is 1.18 bits per heavy atom. The van der Waals surface area contributed by atoms with Gasteiger partial charge < -0.3 is 15.0 Å². The standard InChI is InChI=1S/C21H22FN3O2.ClH/c22-15-2-1-3-16(11-15)24-20-19-14-5-4-13(10-14)18(19)17(12-23-20)21(26)25-6-8-27-9-7-25;/h1-3,11-14H,4-10H2,(H,23,24);1H. The van der Waals surface area contributed by atoms with Crippen LogP contribution >= 0.6 is 12.4 Å². The van der Waals surface area contributed by atoms with Crippen molar-refractivity contribution in [1.29, 1.82) is 0 Å². The average Bonchev–Trinajstić information content (AvgIpc) is 3.31. The van der Waals surface area contributed by atoms with E-state index in [4.69, 9.17) is 4.74 Å². The molecule has 2 aliphatic carbocycles. The van der Waals surface area contributed by atoms with Gasteiger partial charge in [0.05, 0.1) is 18.8 Å². The number of morpholine rings is 1. The molecule has 1 N–H and O–H groups in total. The van der Waals surface area contributed by atoms with Crippen molar-refractivity contribution in [3.63, 3.8) is 0 Å². The Morgan fingerprint density at radius 3 is 2.68 bits per heavy atom. The van der Waals surface area contributed by atoms with Crippen molar-refractivity contribution in [2.24, 2.45) is 0 Å². The smallest absolute Gasteiger partial charge is 0.255 e. The molecule has 5 rings (SSSR count). The molecule has 3 aliphatic rings. The highest BCUT2D eigenvalue weighted by Crippen LogP contribution is 2.56. The van der Waals surface area contributed by atoms with Gasteiger partial charge in [-0.2, -0.15) is 0 Å². The molecule has 148 valence electrons. The number of nitrogens with zero attached hydrogens (tertiary/aromatic N) is 2. The van der Waals surface area contributed by atoms with Crippen LogP contribution in [0.3, 0.4) is 0 Å². The quantitative estimate of drug-likeness (QED) is 0.833. The van der Waals surface area contributed by atoms with Crippen molar-refractivity contribution in [3.8, 4) is 0 Å². The Balaban J connectivity index is 0.00000192. The van der Waals surface area contributed by atoms with Gasteiger partial charge in [-0.15, -0.1) is 12.4 Å². The third-order valence-corrected chi connectivity index (χ3v) is 6.02. The van der Waals surface area contributed by atoms with Gasteiger partial charge in [0.1, 0.15) is 11.6 Å². The summed E-state index contributed by atoms with van der Waals surface area (Å²) in [5.74, 6) is 1.41. The van der Waals surface area contributed by atoms with E-state index >= 15 is 0 Å². The number of nitrogens with one attached hydrogen (secondary N) is 1. The van der Waals surface area contributed by atoms with E-state index in [0.29, 0.717) is 43.8 Å². The number of rotatable bonds is 3. The van der Waals surface area contributed by atoms with Gasteiger partial charge in [0, 0.05) is 30.5 Å². The fourth-order valence-electron chi connectivity index (χ4n) is 4.81. The van der Waals surface area contributed by atoms with E-state index < -0.39 is 0 Å². The number of halogens is 2. The summed E-state index contributed by atoms with van der Waals surface area (Å²) in [5.41, 5.74) is 3.75. The van der Waals surface area contributed by atoms with Crippen LogP contribution in [0.25, 0.3) is 0 Å². The molecular formula is C21H23ClFN3O2. The van der Waals surface area contributed by atoms with Crippen LogP contribution in [0.2, 0.25) is 0 Å². The van der Waals surface area contributed by atoms with Crippen LogP contribution in [0.15, 0.2) is 30.5 Å². The van der Waals surface area contributed by atoms with Crippen LogP contribution in [-0.4, -0.2) is 42.1 Å². The number of amides is 1. The summed E-state index contributed by atoms with van der Waals surface area (Å²) in [6, 6.07) is 6.40. The molecule has 2 unspecified atom stereocenters. The summed E-state index contributed by atoms with van der Waals surface area (Å²) in [4.78, 5) is 19.6. The van der Waals surface area contributed by atoms with E-state index in [9.17, 15) is 9.18 Å². The predicted octanol–water partition coefficient (Wildman–Crippen LogP) is 4.22. The molecule has 7 heteroatoms. The third kappa shape index (κ3) is 3.25. The van der Waals surface area contributed by atoms with Crippen LogP contribution in [0.1, 0.15) is 52.6 Å². The summed E-state index contributed by atoms with van der Waals surface area (Å²) in [6.07, 6.45) is 5.05. The molecule has 1 aromatic carbocycles. The SMILES string of the molecule is Cl.O=C(c1cnc(Nc2cccc(F)c2)c2c1C1CCC2C1)N1CCOCC1. The van der Waals surface area contributed by atoms with E-state index in [2.05, 4.69) is 10.3 Å². The summed E-state index contributed by atoms with van der Waals surface area (Å²) >= 11 is 0. The number of ether oxygens (including phenoxy) is 1. The molecule has 2 heterocycles. The molecule has 1 aliphatic heterocycles. The number of hydrogen-bond donors (Lipinski definition) is 1. The zero-order valence-electron chi connectivity index (χ0n) is 15.5. The molecule has 0 spiro atoms. The average molecular weight is 404 g/mol. The molecule has 2 bridgehead atoms. The first kappa shape index (κ1) is 19.2. The Hall–Kier alpha value is -2.18. The van der Waals surface area contributed by atoms with Crippen LogP contribution in [0, 0.1) is 5.82 Å². The zero-order chi connectivity index (χ0) is 18.4. The molecule has 2 aromatic rings. The van der Waals surface area contributed by atoms with E-state index in [-0.39, 0.29) is 24.1 Å². The second-order valence-electron chi connectivity index (χ2n) is 7.59. The van der Waals surface area contributed by atoms with Gasteiger partial charge in [-0.1, -0.05) is 6.07 Å². The molecule has 2 fully saturated rings. The van der Waals surface area contributed by atoms with Crippen LogP contribution in [0.5, 0.6) is 0 Å². The van der Waals surface area contributed by atoms with E-state index in [1.807, 2.05) is 11.0 Å². The largest absolute Gasteiger partial charge is 0.378 e. The van der Waals surface area contributed by atoms with Gasteiger partial charge in [0.25, 0.3) is 5.91 Å². The number of carbonyl (C=O) groups excluding carboxylic acids is 1. The number of pyridine rings is 1. The maximum atomic E-state index is 13.5. The van der Waals surface area contributed by atoms with Crippen molar-refractivity contribution in [3.05, 3.63) is 53.0 Å². The highest BCUT2D eigenvalue weighted by Gasteiger charge is 2.42. The van der Waals surface area contributed by atoms with E-state index in [1.54, 1.807) is 12.3 Å². The fraction of sp³-hybridized carbons (Fsp3) is 0.429. The number of benzene rings is 1. The lowest BCUT2D eigenvalue weighted by molar-refractivity contribution is 0.0301. The lowest BCUT2D eigenvalue weighted by Crippen LogP contribution is -2.41. The van der Waals surface area contributed by atoms with Gasteiger partial charge >= 0.3 is 0 Å². The Kier molecular flexibility index (Phi) is 5.25. The maximum absolute atomic E-state index is 13.5. The van der Waals surface area contributed by atoms with Crippen LogP contribution in [-0.2, 0) is 4.74 Å². The van der Waals surface area contributed by atoms with Crippen LogP contribution < -0.4 is 5.32 Å².